The first-order chi connectivity index (χ1) is 16.3. The molecular weight excluding hydrogens is 420 g/mol. The molecular formula is C30H28N2O2. The lowest BCUT2D eigenvalue weighted by atomic mass is 9.95. The number of benzene rings is 4. The van der Waals surface area contributed by atoms with Crippen molar-refractivity contribution in [3.8, 4) is 11.1 Å². The molecule has 2 N–H and O–H groups in total. The van der Waals surface area contributed by atoms with Gasteiger partial charge in [-0.25, -0.2) is 0 Å². The highest BCUT2D eigenvalue weighted by Gasteiger charge is 2.13. The molecule has 0 unspecified atom stereocenters. The van der Waals surface area contributed by atoms with Gasteiger partial charge < -0.3 is 10.6 Å². The second kappa shape index (κ2) is 9.75. The maximum absolute atomic E-state index is 12.7. The fraction of sp³-hybridized carbons (Fsp3) is 0.133. The average Bonchev–Trinajstić information content (AvgIpc) is 2.80. The number of aryl methyl sites for hydroxylation is 4. The number of hydrogen-bond donors (Lipinski definition) is 2. The van der Waals surface area contributed by atoms with Gasteiger partial charge in [-0.2, -0.15) is 0 Å². The number of rotatable bonds is 5. The molecule has 0 spiro atoms. The van der Waals surface area contributed by atoms with Crippen LogP contribution >= 0.6 is 0 Å². The fourth-order valence-electron chi connectivity index (χ4n) is 4.14. The van der Waals surface area contributed by atoms with E-state index in [-0.39, 0.29) is 11.8 Å². The molecule has 4 rings (SSSR count). The fourth-order valence-corrected chi connectivity index (χ4v) is 4.14. The summed E-state index contributed by atoms with van der Waals surface area (Å²) in [6, 6.07) is 27.0. The molecule has 0 bridgehead atoms. The summed E-state index contributed by atoms with van der Waals surface area (Å²) in [7, 11) is 0. The van der Waals surface area contributed by atoms with E-state index in [0.29, 0.717) is 11.1 Å². The molecule has 4 heteroatoms. The summed E-state index contributed by atoms with van der Waals surface area (Å²) in [5.74, 6) is -0.231. The SMILES string of the molecule is Cc1ccccc1C(=O)Nc1ccc(-c2ccc(NC(=O)c3ccccc3C)cc2C)c(C)c1. The van der Waals surface area contributed by atoms with E-state index < -0.39 is 0 Å². The molecule has 0 aromatic heterocycles. The van der Waals surface area contributed by atoms with Crippen LogP contribution < -0.4 is 10.6 Å². The van der Waals surface area contributed by atoms with Crippen LogP contribution in [-0.2, 0) is 0 Å². The van der Waals surface area contributed by atoms with Crippen molar-refractivity contribution in [1.29, 1.82) is 0 Å². The summed E-state index contributed by atoms with van der Waals surface area (Å²) >= 11 is 0. The number of hydrogen-bond acceptors (Lipinski definition) is 2. The van der Waals surface area contributed by atoms with Crippen molar-refractivity contribution >= 4 is 23.2 Å². The minimum atomic E-state index is -0.116. The highest BCUT2D eigenvalue weighted by molar-refractivity contribution is 6.06. The van der Waals surface area contributed by atoms with Gasteiger partial charge >= 0.3 is 0 Å². The molecule has 0 fully saturated rings. The average molecular weight is 449 g/mol. The van der Waals surface area contributed by atoms with E-state index in [1.807, 2.05) is 113 Å². The molecule has 0 aliphatic carbocycles. The van der Waals surface area contributed by atoms with Crippen LogP contribution in [0.15, 0.2) is 84.9 Å². The molecule has 4 aromatic rings. The Morgan fingerprint density at radius 2 is 0.882 bits per heavy atom. The van der Waals surface area contributed by atoms with Crippen LogP contribution in [-0.4, -0.2) is 11.8 Å². The van der Waals surface area contributed by atoms with Crippen LogP contribution in [0.5, 0.6) is 0 Å². The van der Waals surface area contributed by atoms with Crippen LogP contribution in [0.1, 0.15) is 43.0 Å². The Bertz CT molecular complexity index is 1280. The Balaban J connectivity index is 1.52. The summed E-state index contributed by atoms with van der Waals surface area (Å²) in [4.78, 5) is 25.3. The van der Waals surface area contributed by atoms with E-state index in [2.05, 4.69) is 10.6 Å². The van der Waals surface area contributed by atoms with Crippen LogP contribution in [0, 0.1) is 27.7 Å². The van der Waals surface area contributed by atoms with Crippen molar-refractivity contribution in [2.75, 3.05) is 10.6 Å². The Kier molecular flexibility index (Phi) is 6.60. The molecule has 0 aliphatic heterocycles. The molecule has 0 heterocycles. The van der Waals surface area contributed by atoms with Gasteiger partial charge in [0.15, 0.2) is 0 Å². The van der Waals surface area contributed by atoms with Gasteiger partial charge in [0, 0.05) is 22.5 Å². The Labute approximate surface area is 200 Å². The summed E-state index contributed by atoms with van der Waals surface area (Å²) in [6.07, 6.45) is 0. The lowest BCUT2D eigenvalue weighted by Gasteiger charge is -2.14. The Morgan fingerprint density at radius 3 is 1.24 bits per heavy atom. The van der Waals surface area contributed by atoms with Crippen molar-refractivity contribution in [3.05, 3.63) is 118 Å². The molecule has 4 nitrogen and oxygen atoms in total. The first-order valence-corrected chi connectivity index (χ1v) is 11.3. The van der Waals surface area contributed by atoms with Gasteiger partial charge in [0.1, 0.15) is 0 Å². The number of anilines is 2. The van der Waals surface area contributed by atoms with E-state index in [9.17, 15) is 9.59 Å². The zero-order valence-corrected chi connectivity index (χ0v) is 19.9. The Hall–Kier alpha value is -4.18. The third kappa shape index (κ3) is 4.91. The smallest absolute Gasteiger partial charge is 0.255 e. The summed E-state index contributed by atoms with van der Waals surface area (Å²) < 4.78 is 0. The van der Waals surface area contributed by atoms with E-state index in [1.54, 1.807) is 0 Å². The van der Waals surface area contributed by atoms with Crippen LogP contribution in [0.2, 0.25) is 0 Å². The molecule has 0 saturated carbocycles. The zero-order chi connectivity index (χ0) is 24.2. The topological polar surface area (TPSA) is 58.2 Å². The summed E-state index contributed by atoms with van der Waals surface area (Å²) in [5.41, 5.74) is 9.03. The van der Waals surface area contributed by atoms with Crippen molar-refractivity contribution in [2.45, 2.75) is 27.7 Å². The van der Waals surface area contributed by atoms with Crippen LogP contribution in [0.4, 0.5) is 11.4 Å². The van der Waals surface area contributed by atoms with Crippen molar-refractivity contribution < 1.29 is 9.59 Å². The van der Waals surface area contributed by atoms with Crippen molar-refractivity contribution in [3.63, 3.8) is 0 Å². The second-order valence-electron chi connectivity index (χ2n) is 8.60. The van der Waals surface area contributed by atoms with Gasteiger partial charge in [-0.05, 0) is 97.5 Å². The molecule has 0 saturated heterocycles. The van der Waals surface area contributed by atoms with Gasteiger partial charge in [-0.1, -0.05) is 48.5 Å². The number of nitrogens with one attached hydrogen (secondary N) is 2. The van der Waals surface area contributed by atoms with Gasteiger partial charge in [0.25, 0.3) is 11.8 Å². The van der Waals surface area contributed by atoms with E-state index >= 15 is 0 Å². The molecule has 0 atom stereocenters. The molecule has 2 amide bonds. The highest BCUT2D eigenvalue weighted by atomic mass is 16.2. The van der Waals surface area contributed by atoms with Gasteiger partial charge in [0.2, 0.25) is 0 Å². The molecule has 0 radical (unpaired) electrons. The third-order valence-electron chi connectivity index (χ3n) is 6.04. The van der Waals surface area contributed by atoms with E-state index in [4.69, 9.17) is 0 Å². The van der Waals surface area contributed by atoms with E-state index in [0.717, 1.165) is 44.8 Å². The zero-order valence-electron chi connectivity index (χ0n) is 19.9. The third-order valence-corrected chi connectivity index (χ3v) is 6.04. The van der Waals surface area contributed by atoms with Crippen molar-refractivity contribution in [1.82, 2.24) is 0 Å². The minimum absolute atomic E-state index is 0.116. The number of amides is 2. The maximum Gasteiger partial charge on any atom is 0.255 e. The lowest BCUT2D eigenvalue weighted by molar-refractivity contribution is 0.101. The lowest BCUT2D eigenvalue weighted by Crippen LogP contribution is -2.13. The molecule has 4 aromatic carbocycles. The molecule has 0 aliphatic rings. The largest absolute Gasteiger partial charge is 0.322 e. The first kappa shape index (κ1) is 23.0. The first-order valence-electron chi connectivity index (χ1n) is 11.3. The van der Waals surface area contributed by atoms with Gasteiger partial charge in [-0.15, -0.1) is 0 Å². The highest BCUT2D eigenvalue weighted by Crippen LogP contribution is 2.30. The van der Waals surface area contributed by atoms with Crippen LogP contribution in [0.3, 0.4) is 0 Å². The predicted octanol–water partition coefficient (Wildman–Crippen LogP) is 7.09. The van der Waals surface area contributed by atoms with Gasteiger partial charge in [0.05, 0.1) is 0 Å². The van der Waals surface area contributed by atoms with Crippen molar-refractivity contribution in [2.24, 2.45) is 0 Å². The second-order valence-corrected chi connectivity index (χ2v) is 8.60. The van der Waals surface area contributed by atoms with Crippen LogP contribution in [0.25, 0.3) is 11.1 Å². The maximum atomic E-state index is 12.7. The summed E-state index contributed by atoms with van der Waals surface area (Å²) in [6.45, 7) is 7.93. The molecule has 170 valence electrons. The Morgan fingerprint density at radius 1 is 0.500 bits per heavy atom. The van der Waals surface area contributed by atoms with E-state index in [1.165, 1.54) is 0 Å². The monoisotopic (exact) mass is 448 g/mol. The number of carbonyl (C=O) groups excluding carboxylic acids is 2. The minimum Gasteiger partial charge on any atom is -0.322 e. The van der Waals surface area contributed by atoms with Gasteiger partial charge in [-0.3, -0.25) is 9.59 Å². The predicted molar refractivity (Wildman–Crippen MR) is 140 cm³/mol. The standard InChI is InChI=1S/C30H28N2O2/c1-19-9-5-7-11-27(19)29(33)31-23-13-15-25(21(3)17-23)26-16-14-24(18-22(26)4)32-30(34)28-12-8-6-10-20(28)2/h5-18H,1-4H3,(H,31,33)(H,32,34). The normalized spacial score (nSPS) is 10.6. The molecule has 34 heavy (non-hydrogen) atoms. The number of carbonyl (C=O) groups is 2. The quantitative estimate of drug-likeness (QED) is 0.342. The summed E-state index contributed by atoms with van der Waals surface area (Å²) in [5, 5.41) is 6.00.